The van der Waals surface area contributed by atoms with Gasteiger partial charge in [0.25, 0.3) is 0 Å². The summed E-state index contributed by atoms with van der Waals surface area (Å²) in [7, 11) is 1.54. The minimum absolute atomic E-state index is 0.225. The number of carbonyl (C=O) groups is 2. The standard InChI is InChI=1S/C8H15NO4/c1-3-13-8(11)6-7(10)9-4-5-12-2/h3-6H2,1-2H3,(H,9,10). The first kappa shape index (κ1) is 11.9. The van der Waals surface area contributed by atoms with Gasteiger partial charge in [0.1, 0.15) is 6.42 Å². The summed E-state index contributed by atoms with van der Waals surface area (Å²) < 4.78 is 9.30. The smallest absolute Gasteiger partial charge is 0.315 e. The van der Waals surface area contributed by atoms with Crippen molar-refractivity contribution < 1.29 is 19.1 Å². The Morgan fingerprint density at radius 2 is 2.08 bits per heavy atom. The lowest BCUT2D eigenvalue weighted by Crippen LogP contribution is -2.29. The molecule has 0 radical (unpaired) electrons. The Bertz CT molecular complexity index is 170. The maximum atomic E-state index is 10.9. The van der Waals surface area contributed by atoms with Gasteiger partial charge in [-0.05, 0) is 6.92 Å². The van der Waals surface area contributed by atoms with Crippen LogP contribution in [0.1, 0.15) is 13.3 Å². The second kappa shape index (κ2) is 7.54. The van der Waals surface area contributed by atoms with E-state index in [0.717, 1.165) is 0 Å². The van der Waals surface area contributed by atoms with Gasteiger partial charge in [-0.2, -0.15) is 0 Å². The average molecular weight is 189 g/mol. The molecule has 76 valence electrons. The molecule has 0 aliphatic carbocycles. The summed E-state index contributed by atoms with van der Waals surface area (Å²) >= 11 is 0. The fourth-order valence-electron chi connectivity index (χ4n) is 0.698. The van der Waals surface area contributed by atoms with E-state index >= 15 is 0 Å². The lowest BCUT2D eigenvalue weighted by Gasteiger charge is -2.03. The predicted octanol–water partition coefficient (Wildman–Crippen LogP) is -0.298. The van der Waals surface area contributed by atoms with Crippen LogP contribution < -0.4 is 5.32 Å². The van der Waals surface area contributed by atoms with Crippen LogP contribution in [0.2, 0.25) is 0 Å². The molecule has 0 bridgehead atoms. The van der Waals surface area contributed by atoms with Crippen LogP contribution in [0.15, 0.2) is 0 Å². The quantitative estimate of drug-likeness (QED) is 0.354. The van der Waals surface area contributed by atoms with Crippen molar-refractivity contribution in [3.05, 3.63) is 0 Å². The van der Waals surface area contributed by atoms with E-state index in [1.165, 1.54) is 7.11 Å². The van der Waals surface area contributed by atoms with E-state index in [9.17, 15) is 9.59 Å². The van der Waals surface area contributed by atoms with Crippen molar-refractivity contribution >= 4 is 11.9 Å². The van der Waals surface area contributed by atoms with Gasteiger partial charge in [0, 0.05) is 13.7 Å². The van der Waals surface area contributed by atoms with Crippen molar-refractivity contribution in [2.45, 2.75) is 13.3 Å². The lowest BCUT2D eigenvalue weighted by molar-refractivity contribution is -0.145. The summed E-state index contributed by atoms with van der Waals surface area (Å²) in [6.45, 7) is 2.84. The number of rotatable bonds is 6. The van der Waals surface area contributed by atoms with Crippen LogP contribution in [0.4, 0.5) is 0 Å². The fraction of sp³-hybridized carbons (Fsp3) is 0.750. The van der Waals surface area contributed by atoms with Gasteiger partial charge in [-0.3, -0.25) is 9.59 Å². The molecule has 5 nitrogen and oxygen atoms in total. The summed E-state index contributed by atoms with van der Waals surface area (Å²) in [6.07, 6.45) is -0.225. The number of methoxy groups -OCH3 is 1. The summed E-state index contributed by atoms with van der Waals surface area (Å²) in [5.41, 5.74) is 0. The Labute approximate surface area is 77.4 Å². The summed E-state index contributed by atoms with van der Waals surface area (Å²) in [5.74, 6) is -0.840. The molecule has 0 saturated heterocycles. The minimum atomic E-state index is -0.502. The Morgan fingerprint density at radius 1 is 1.38 bits per heavy atom. The normalized spacial score (nSPS) is 9.38. The zero-order valence-electron chi connectivity index (χ0n) is 7.96. The van der Waals surface area contributed by atoms with Crippen LogP contribution in [-0.2, 0) is 19.1 Å². The second-order valence-corrected chi connectivity index (χ2v) is 2.32. The first-order chi connectivity index (χ1) is 6.20. The third-order valence-electron chi connectivity index (χ3n) is 1.24. The molecule has 1 N–H and O–H groups in total. The van der Waals surface area contributed by atoms with Crippen LogP contribution in [-0.4, -0.2) is 38.7 Å². The summed E-state index contributed by atoms with van der Waals surface area (Å²) in [4.78, 5) is 21.7. The maximum Gasteiger partial charge on any atom is 0.315 e. The Balaban J connectivity index is 3.44. The minimum Gasteiger partial charge on any atom is -0.466 e. The van der Waals surface area contributed by atoms with Gasteiger partial charge in [-0.25, -0.2) is 0 Å². The Morgan fingerprint density at radius 3 is 2.62 bits per heavy atom. The van der Waals surface area contributed by atoms with E-state index in [1.54, 1.807) is 6.92 Å². The third kappa shape index (κ3) is 7.27. The van der Waals surface area contributed by atoms with Gasteiger partial charge >= 0.3 is 5.97 Å². The molecule has 0 aromatic carbocycles. The maximum absolute atomic E-state index is 10.9. The number of esters is 1. The molecule has 0 heterocycles. The number of hydrogen-bond acceptors (Lipinski definition) is 4. The van der Waals surface area contributed by atoms with Gasteiger partial charge < -0.3 is 14.8 Å². The predicted molar refractivity (Wildman–Crippen MR) is 46.1 cm³/mol. The van der Waals surface area contributed by atoms with Gasteiger partial charge in [0.2, 0.25) is 5.91 Å². The van der Waals surface area contributed by atoms with E-state index < -0.39 is 5.97 Å². The molecule has 0 saturated carbocycles. The molecule has 5 heteroatoms. The first-order valence-electron chi connectivity index (χ1n) is 4.12. The number of hydrogen-bond donors (Lipinski definition) is 1. The van der Waals surface area contributed by atoms with Crippen molar-refractivity contribution in [2.24, 2.45) is 0 Å². The third-order valence-corrected chi connectivity index (χ3v) is 1.24. The van der Waals surface area contributed by atoms with E-state index in [4.69, 9.17) is 4.74 Å². The molecule has 0 unspecified atom stereocenters. The van der Waals surface area contributed by atoms with E-state index in [1.807, 2.05) is 0 Å². The molecule has 0 aromatic rings. The Kier molecular flexibility index (Phi) is 6.91. The number of nitrogens with one attached hydrogen (secondary N) is 1. The lowest BCUT2D eigenvalue weighted by atomic mass is 10.4. The van der Waals surface area contributed by atoms with E-state index in [2.05, 4.69) is 10.1 Å². The average Bonchev–Trinajstić information content (AvgIpc) is 2.05. The van der Waals surface area contributed by atoms with E-state index in [-0.39, 0.29) is 12.3 Å². The van der Waals surface area contributed by atoms with Crippen LogP contribution in [0.25, 0.3) is 0 Å². The molecule has 0 fully saturated rings. The molecule has 0 atom stereocenters. The Hall–Kier alpha value is -1.10. The van der Waals surface area contributed by atoms with Crippen LogP contribution in [0, 0.1) is 0 Å². The van der Waals surface area contributed by atoms with E-state index in [0.29, 0.717) is 19.8 Å². The zero-order chi connectivity index (χ0) is 10.1. The number of ether oxygens (including phenoxy) is 2. The molecule has 1 amide bonds. The molecule has 13 heavy (non-hydrogen) atoms. The molecule has 0 rings (SSSR count). The highest BCUT2D eigenvalue weighted by Gasteiger charge is 2.08. The van der Waals surface area contributed by atoms with Crippen molar-refractivity contribution in [3.8, 4) is 0 Å². The zero-order valence-corrected chi connectivity index (χ0v) is 7.96. The van der Waals surface area contributed by atoms with Gasteiger partial charge in [-0.1, -0.05) is 0 Å². The van der Waals surface area contributed by atoms with Crippen molar-refractivity contribution in [2.75, 3.05) is 26.9 Å². The monoisotopic (exact) mass is 189 g/mol. The highest BCUT2D eigenvalue weighted by atomic mass is 16.5. The van der Waals surface area contributed by atoms with Crippen LogP contribution >= 0.6 is 0 Å². The molecule has 0 aromatic heterocycles. The fourth-order valence-corrected chi connectivity index (χ4v) is 0.698. The molecular formula is C8H15NO4. The highest BCUT2D eigenvalue weighted by molar-refractivity contribution is 5.94. The van der Waals surface area contributed by atoms with Crippen LogP contribution in [0.3, 0.4) is 0 Å². The van der Waals surface area contributed by atoms with Gasteiger partial charge in [-0.15, -0.1) is 0 Å². The number of amides is 1. The highest BCUT2D eigenvalue weighted by Crippen LogP contribution is 1.85. The van der Waals surface area contributed by atoms with Crippen molar-refractivity contribution in [1.29, 1.82) is 0 Å². The number of carbonyl (C=O) groups excluding carboxylic acids is 2. The molecule has 0 aliphatic rings. The molecule has 0 spiro atoms. The summed E-state index contributed by atoms with van der Waals surface area (Å²) in [6, 6.07) is 0. The molecule has 0 aliphatic heterocycles. The first-order valence-corrected chi connectivity index (χ1v) is 4.12. The molecular weight excluding hydrogens is 174 g/mol. The second-order valence-electron chi connectivity index (χ2n) is 2.32. The van der Waals surface area contributed by atoms with Crippen molar-refractivity contribution in [1.82, 2.24) is 5.32 Å². The topological polar surface area (TPSA) is 64.6 Å². The largest absolute Gasteiger partial charge is 0.466 e. The SMILES string of the molecule is CCOC(=O)CC(=O)NCCOC. The van der Waals surface area contributed by atoms with Gasteiger partial charge in [0.05, 0.1) is 13.2 Å². The summed E-state index contributed by atoms with van der Waals surface area (Å²) in [5, 5.41) is 2.51. The van der Waals surface area contributed by atoms with Crippen LogP contribution in [0.5, 0.6) is 0 Å². The van der Waals surface area contributed by atoms with Gasteiger partial charge in [0.15, 0.2) is 0 Å². The van der Waals surface area contributed by atoms with Crippen molar-refractivity contribution in [3.63, 3.8) is 0 Å².